The van der Waals surface area contributed by atoms with Gasteiger partial charge in [-0.25, -0.2) is 5.01 Å². The van der Waals surface area contributed by atoms with Gasteiger partial charge in [0.25, 0.3) is 16.0 Å². The minimum absolute atomic E-state index is 0.168. The SMILES string of the molecule is CC(=O)C(C1C(=O)N(c2ccccc2)N=C1C)S(=O)(=O)O. The highest BCUT2D eigenvalue weighted by Crippen LogP contribution is 2.28. The summed E-state index contributed by atoms with van der Waals surface area (Å²) >= 11 is 0. The van der Waals surface area contributed by atoms with Gasteiger partial charge in [-0.15, -0.1) is 0 Å². The van der Waals surface area contributed by atoms with Gasteiger partial charge in [0, 0.05) is 0 Å². The van der Waals surface area contributed by atoms with Crippen molar-refractivity contribution in [2.45, 2.75) is 19.1 Å². The summed E-state index contributed by atoms with van der Waals surface area (Å²) in [4.78, 5) is 23.9. The lowest BCUT2D eigenvalue weighted by Gasteiger charge is -2.18. The Morgan fingerprint density at radius 2 is 1.90 bits per heavy atom. The maximum absolute atomic E-state index is 12.4. The van der Waals surface area contributed by atoms with Crippen molar-refractivity contribution in [1.29, 1.82) is 0 Å². The van der Waals surface area contributed by atoms with Gasteiger partial charge in [-0.05, 0) is 26.0 Å². The lowest BCUT2D eigenvalue weighted by Crippen LogP contribution is -2.43. The third kappa shape index (κ3) is 2.86. The molecule has 21 heavy (non-hydrogen) atoms. The van der Waals surface area contributed by atoms with E-state index in [1.165, 1.54) is 6.92 Å². The molecule has 0 aromatic heterocycles. The van der Waals surface area contributed by atoms with E-state index < -0.39 is 33.0 Å². The van der Waals surface area contributed by atoms with Crippen LogP contribution in [0.4, 0.5) is 5.69 Å². The minimum atomic E-state index is -4.70. The molecule has 1 amide bonds. The third-order valence-corrected chi connectivity index (χ3v) is 4.45. The molecular formula is C13H14N2O5S. The molecule has 0 spiro atoms. The first kappa shape index (κ1) is 15.3. The number of hydrogen-bond donors (Lipinski definition) is 1. The first-order valence-electron chi connectivity index (χ1n) is 6.14. The van der Waals surface area contributed by atoms with Crippen molar-refractivity contribution in [3.8, 4) is 0 Å². The summed E-state index contributed by atoms with van der Waals surface area (Å²) < 4.78 is 32.0. The molecule has 1 aromatic carbocycles. The summed E-state index contributed by atoms with van der Waals surface area (Å²) in [6.07, 6.45) is 0. The Bertz CT molecular complexity index is 711. The summed E-state index contributed by atoms with van der Waals surface area (Å²) in [5.41, 5.74) is 0.628. The molecule has 0 bridgehead atoms. The van der Waals surface area contributed by atoms with E-state index in [4.69, 9.17) is 0 Å². The summed E-state index contributed by atoms with van der Waals surface area (Å²) in [5.74, 6) is -2.77. The Morgan fingerprint density at radius 3 is 2.38 bits per heavy atom. The topological polar surface area (TPSA) is 104 Å². The van der Waals surface area contributed by atoms with E-state index in [2.05, 4.69) is 5.10 Å². The summed E-state index contributed by atoms with van der Waals surface area (Å²) in [6.45, 7) is 2.47. The molecule has 0 radical (unpaired) electrons. The second-order valence-electron chi connectivity index (χ2n) is 4.75. The number of benzene rings is 1. The van der Waals surface area contributed by atoms with E-state index in [-0.39, 0.29) is 5.71 Å². The molecule has 112 valence electrons. The maximum atomic E-state index is 12.4. The third-order valence-electron chi connectivity index (χ3n) is 3.21. The van der Waals surface area contributed by atoms with Gasteiger partial charge in [0.1, 0.15) is 5.92 Å². The summed E-state index contributed by atoms with van der Waals surface area (Å²) in [6, 6.07) is 8.42. The van der Waals surface area contributed by atoms with Crippen LogP contribution in [0.1, 0.15) is 13.8 Å². The normalized spacial score (nSPS) is 20.3. The number of nitrogens with zero attached hydrogens (tertiary/aromatic N) is 2. The molecule has 2 rings (SSSR count). The molecule has 1 aliphatic heterocycles. The van der Waals surface area contributed by atoms with Crippen molar-refractivity contribution >= 4 is 33.2 Å². The van der Waals surface area contributed by atoms with Crippen LogP contribution in [-0.4, -0.2) is 35.6 Å². The van der Waals surface area contributed by atoms with Crippen molar-refractivity contribution in [2.24, 2.45) is 11.0 Å². The average molecular weight is 310 g/mol. The molecule has 0 saturated heterocycles. The quantitative estimate of drug-likeness (QED) is 0.831. The van der Waals surface area contributed by atoms with Gasteiger partial charge < -0.3 is 0 Å². The van der Waals surface area contributed by atoms with E-state index in [0.717, 1.165) is 11.9 Å². The van der Waals surface area contributed by atoms with Gasteiger partial charge in [-0.1, -0.05) is 18.2 Å². The van der Waals surface area contributed by atoms with Gasteiger partial charge >= 0.3 is 0 Å². The molecule has 1 N–H and O–H groups in total. The fourth-order valence-corrected chi connectivity index (χ4v) is 3.38. The number of para-hydroxylation sites is 1. The Morgan fingerprint density at radius 1 is 1.33 bits per heavy atom. The fraction of sp³-hybridized carbons (Fsp3) is 0.308. The van der Waals surface area contributed by atoms with E-state index in [1.54, 1.807) is 30.3 Å². The second kappa shape index (κ2) is 5.38. The molecule has 1 heterocycles. The lowest BCUT2D eigenvalue weighted by atomic mass is 9.97. The van der Waals surface area contributed by atoms with Crippen LogP contribution in [0.3, 0.4) is 0 Å². The zero-order valence-electron chi connectivity index (χ0n) is 11.4. The number of hydrazone groups is 1. The summed E-state index contributed by atoms with van der Waals surface area (Å²) in [7, 11) is -4.70. The van der Waals surface area contributed by atoms with Crippen molar-refractivity contribution < 1.29 is 22.6 Å². The van der Waals surface area contributed by atoms with Crippen molar-refractivity contribution in [3.63, 3.8) is 0 Å². The monoisotopic (exact) mass is 310 g/mol. The van der Waals surface area contributed by atoms with E-state index in [0.29, 0.717) is 5.69 Å². The predicted molar refractivity (Wildman–Crippen MR) is 76.5 cm³/mol. The van der Waals surface area contributed by atoms with Crippen LogP contribution < -0.4 is 5.01 Å². The maximum Gasteiger partial charge on any atom is 0.276 e. The van der Waals surface area contributed by atoms with Crippen LogP contribution in [0, 0.1) is 5.92 Å². The van der Waals surface area contributed by atoms with E-state index in [1.807, 2.05) is 0 Å². The zero-order valence-corrected chi connectivity index (χ0v) is 12.2. The van der Waals surface area contributed by atoms with Crippen LogP contribution in [0.2, 0.25) is 0 Å². The largest absolute Gasteiger partial charge is 0.298 e. The van der Waals surface area contributed by atoms with Crippen molar-refractivity contribution in [1.82, 2.24) is 0 Å². The molecule has 0 fully saturated rings. The highest BCUT2D eigenvalue weighted by Gasteiger charge is 2.47. The first-order chi connectivity index (χ1) is 9.73. The molecule has 2 atom stereocenters. The first-order valence-corrected chi connectivity index (χ1v) is 7.64. The average Bonchev–Trinajstić information content (AvgIpc) is 2.66. The van der Waals surface area contributed by atoms with Gasteiger partial charge in [0.05, 0.1) is 11.4 Å². The van der Waals surface area contributed by atoms with Gasteiger partial charge in [0.15, 0.2) is 11.0 Å². The van der Waals surface area contributed by atoms with Crippen LogP contribution in [0.25, 0.3) is 0 Å². The number of carbonyl (C=O) groups excluding carboxylic acids is 2. The smallest absolute Gasteiger partial charge is 0.276 e. The molecule has 1 aliphatic rings. The highest BCUT2D eigenvalue weighted by molar-refractivity contribution is 7.87. The van der Waals surface area contributed by atoms with Gasteiger partial charge in [0.2, 0.25) is 0 Å². The van der Waals surface area contributed by atoms with E-state index >= 15 is 0 Å². The van der Waals surface area contributed by atoms with Gasteiger partial charge in [-0.2, -0.15) is 13.5 Å². The summed E-state index contributed by atoms with van der Waals surface area (Å²) in [5, 5.41) is 3.22. The highest BCUT2D eigenvalue weighted by atomic mass is 32.2. The number of Topliss-reactive ketones (excluding diaryl/α,β-unsaturated/α-hetero) is 1. The number of anilines is 1. The van der Waals surface area contributed by atoms with Crippen molar-refractivity contribution in [2.75, 3.05) is 5.01 Å². The number of carbonyl (C=O) groups is 2. The van der Waals surface area contributed by atoms with Crippen LogP contribution in [0.5, 0.6) is 0 Å². The minimum Gasteiger partial charge on any atom is -0.298 e. The molecule has 8 heteroatoms. The van der Waals surface area contributed by atoms with E-state index in [9.17, 15) is 22.6 Å². The molecule has 0 aliphatic carbocycles. The Kier molecular flexibility index (Phi) is 3.93. The van der Waals surface area contributed by atoms with Crippen LogP contribution in [0.15, 0.2) is 35.4 Å². The number of rotatable bonds is 4. The molecule has 2 unspecified atom stereocenters. The number of hydrogen-bond acceptors (Lipinski definition) is 5. The number of ketones is 1. The standard InChI is InChI=1S/C13H14N2O5S/c1-8-11(12(9(2)16)21(18,19)20)13(17)15(14-8)10-6-4-3-5-7-10/h3-7,11-12H,1-2H3,(H,18,19,20). The lowest BCUT2D eigenvalue weighted by molar-refractivity contribution is -0.124. The van der Waals surface area contributed by atoms with Gasteiger partial charge in [-0.3, -0.25) is 14.1 Å². The second-order valence-corrected chi connectivity index (χ2v) is 6.29. The Hall–Kier alpha value is -2.06. The number of amides is 1. The molecule has 7 nitrogen and oxygen atoms in total. The molecule has 1 aromatic rings. The molecule has 0 saturated carbocycles. The van der Waals surface area contributed by atoms with Crippen LogP contribution in [-0.2, 0) is 19.7 Å². The van der Waals surface area contributed by atoms with Crippen LogP contribution >= 0.6 is 0 Å². The zero-order chi connectivity index (χ0) is 15.8. The Labute approximate surface area is 122 Å². The Balaban J connectivity index is 2.43. The van der Waals surface area contributed by atoms with Crippen molar-refractivity contribution in [3.05, 3.63) is 30.3 Å². The predicted octanol–water partition coefficient (Wildman–Crippen LogP) is 0.871. The fourth-order valence-electron chi connectivity index (χ4n) is 2.30. The molecular weight excluding hydrogens is 296 g/mol.